The maximum Gasteiger partial charge on any atom is 0.279 e. The van der Waals surface area contributed by atoms with Crippen LogP contribution in [-0.4, -0.2) is 18.0 Å². The van der Waals surface area contributed by atoms with Crippen molar-refractivity contribution in [1.29, 1.82) is 0 Å². The first kappa shape index (κ1) is 9.01. The van der Waals surface area contributed by atoms with Gasteiger partial charge in [0, 0.05) is 5.92 Å². The van der Waals surface area contributed by atoms with Gasteiger partial charge in [0.2, 0.25) is 0 Å². The van der Waals surface area contributed by atoms with Crippen molar-refractivity contribution < 1.29 is 14.6 Å². The number of aliphatic hydroxyl groups is 1. The number of hydrogen-bond acceptors (Lipinski definition) is 3. The van der Waals surface area contributed by atoms with Gasteiger partial charge in [0.05, 0.1) is 13.2 Å². The monoisotopic (exact) mass is 144 g/mol. The van der Waals surface area contributed by atoms with Gasteiger partial charge in [0.15, 0.2) is 5.78 Å². The van der Waals surface area contributed by atoms with Gasteiger partial charge in [0.25, 0.3) is 5.95 Å². The lowest BCUT2D eigenvalue weighted by molar-refractivity contribution is -0.117. The molecule has 0 saturated heterocycles. The fourth-order valence-electron chi connectivity index (χ4n) is 0.347. The number of methoxy groups -OCH3 is 1. The highest BCUT2D eigenvalue weighted by molar-refractivity contribution is 5.91. The first-order chi connectivity index (χ1) is 4.57. The third kappa shape index (κ3) is 3.12. The Morgan fingerprint density at radius 2 is 2.10 bits per heavy atom. The summed E-state index contributed by atoms with van der Waals surface area (Å²) in [5.41, 5.74) is 0. The third-order valence-electron chi connectivity index (χ3n) is 1.04. The Morgan fingerprint density at radius 1 is 1.60 bits per heavy atom. The second-order valence-electron chi connectivity index (χ2n) is 2.24. The van der Waals surface area contributed by atoms with Crippen molar-refractivity contribution in [3.8, 4) is 0 Å². The molecule has 58 valence electrons. The Morgan fingerprint density at radius 3 is 2.40 bits per heavy atom. The van der Waals surface area contributed by atoms with E-state index in [2.05, 4.69) is 4.74 Å². The summed E-state index contributed by atoms with van der Waals surface area (Å²) in [7, 11) is 1.30. The summed E-state index contributed by atoms with van der Waals surface area (Å²) in [5, 5.41) is 8.70. The molecule has 0 aliphatic rings. The largest absolute Gasteiger partial charge is 0.481 e. The second-order valence-corrected chi connectivity index (χ2v) is 2.24. The van der Waals surface area contributed by atoms with Gasteiger partial charge in [0.1, 0.15) is 0 Å². The maximum absolute atomic E-state index is 10.8. The molecule has 0 aromatic heterocycles. The van der Waals surface area contributed by atoms with E-state index >= 15 is 0 Å². The van der Waals surface area contributed by atoms with E-state index in [1.807, 2.05) is 0 Å². The normalized spacial score (nSPS) is 11.8. The summed E-state index contributed by atoms with van der Waals surface area (Å²) in [6.45, 7) is 3.50. The quantitative estimate of drug-likeness (QED) is 0.479. The summed E-state index contributed by atoms with van der Waals surface area (Å²) in [6.07, 6.45) is 1.07. The second kappa shape index (κ2) is 3.93. The minimum absolute atomic E-state index is 0.0997. The lowest BCUT2D eigenvalue weighted by Crippen LogP contribution is -2.04. The fourth-order valence-corrected chi connectivity index (χ4v) is 0.347. The number of carbonyl (C=O) groups is 1. The van der Waals surface area contributed by atoms with Gasteiger partial charge in [-0.1, -0.05) is 13.8 Å². The van der Waals surface area contributed by atoms with Crippen LogP contribution in [0, 0.1) is 5.92 Å². The predicted octanol–water partition coefficient (Wildman–Crippen LogP) is 1.26. The minimum Gasteiger partial charge on any atom is -0.481 e. The van der Waals surface area contributed by atoms with E-state index in [1.165, 1.54) is 7.11 Å². The molecule has 0 aliphatic carbocycles. The Kier molecular flexibility index (Phi) is 3.54. The molecule has 0 atom stereocenters. The smallest absolute Gasteiger partial charge is 0.279 e. The third-order valence-corrected chi connectivity index (χ3v) is 1.04. The highest BCUT2D eigenvalue weighted by Gasteiger charge is 2.04. The van der Waals surface area contributed by atoms with Crippen LogP contribution in [0.2, 0.25) is 0 Å². The average molecular weight is 144 g/mol. The van der Waals surface area contributed by atoms with Gasteiger partial charge >= 0.3 is 0 Å². The molecule has 3 heteroatoms. The summed E-state index contributed by atoms with van der Waals surface area (Å²) < 4.78 is 4.37. The number of aliphatic hydroxyl groups excluding tert-OH is 1. The number of allylic oxidation sites excluding steroid dienone is 1. The SMILES string of the molecule is CO/C(O)=C/C(=O)C(C)C. The highest BCUT2D eigenvalue weighted by Crippen LogP contribution is 1.98. The minimum atomic E-state index is -0.335. The predicted molar refractivity (Wildman–Crippen MR) is 37.6 cm³/mol. The van der Waals surface area contributed by atoms with Gasteiger partial charge in [-0.3, -0.25) is 4.79 Å². The molecule has 0 heterocycles. The molecule has 0 spiro atoms. The molecule has 3 nitrogen and oxygen atoms in total. The molecule has 0 aliphatic heterocycles. The number of carbonyl (C=O) groups excluding carboxylic acids is 1. The molecular weight excluding hydrogens is 132 g/mol. The lowest BCUT2D eigenvalue weighted by atomic mass is 10.1. The van der Waals surface area contributed by atoms with Crippen LogP contribution >= 0.6 is 0 Å². The van der Waals surface area contributed by atoms with Crippen LogP contribution in [0.4, 0.5) is 0 Å². The molecule has 0 radical (unpaired) electrons. The van der Waals surface area contributed by atoms with Gasteiger partial charge < -0.3 is 9.84 Å². The zero-order valence-corrected chi connectivity index (χ0v) is 6.42. The van der Waals surface area contributed by atoms with E-state index in [9.17, 15) is 4.79 Å². The van der Waals surface area contributed by atoms with Crippen LogP contribution in [0.15, 0.2) is 12.0 Å². The standard InChI is InChI=1S/C7H12O3/c1-5(2)6(8)4-7(9)10-3/h4-5,9H,1-3H3/b7-4+. The zero-order valence-electron chi connectivity index (χ0n) is 6.42. The summed E-state index contributed by atoms with van der Waals surface area (Å²) in [5.74, 6) is -0.574. The zero-order chi connectivity index (χ0) is 8.15. The molecule has 0 aromatic rings. The Hall–Kier alpha value is -0.990. The number of ketones is 1. The first-order valence-corrected chi connectivity index (χ1v) is 3.06. The summed E-state index contributed by atoms with van der Waals surface area (Å²) in [4.78, 5) is 10.8. The Balaban J connectivity index is 4.00. The molecule has 0 amide bonds. The number of hydrogen-bond donors (Lipinski definition) is 1. The molecule has 1 N–H and O–H groups in total. The molecule has 0 saturated carbocycles. The van der Waals surface area contributed by atoms with E-state index in [4.69, 9.17) is 5.11 Å². The van der Waals surface area contributed by atoms with Crippen LogP contribution in [0.3, 0.4) is 0 Å². The van der Waals surface area contributed by atoms with Crippen LogP contribution in [0.1, 0.15) is 13.8 Å². The van der Waals surface area contributed by atoms with Crippen molar-refractivity contribution in [3.63, 3.8) is 0 Å². The molecule has 0 unspecified atom stereocenters. The number of ether oxygens (including phenoxy) is 1. The molecule has 0 rings (SSSR count). The van der Waals surface area contributed by atoms with Gasteiger partial charge in [-0.2, -0.15) is 0 Å². The summed E-state index contributed by atoms with van der Waals surface area (Å²) in [6, 6.07) is 0. The fraction of sp³-hybridized carbons (Fsp3) is 0.571. The molecule has 10 heavy (non-hydrogen) atoms. The lowest BCUT2D eigenvalue weighted by Gasteiger charge is -1.98. The van der Waals surface area contributed by atoms with Gasteiger partial charge in [-0.15, -0.1) is 0 Å². The Labute approximate surface area is 60.3 Å². The highest BCUT2D eigenvalue weighted by atomic mass is 16.6. The molecule has 0 bridgehead atoms. The Bertz CT molecular complexity index is 147. The van der Waals surface area contributed by atoms with E-state index in [0.717, 1.165) is 6.08 Å². The van der Waals surface area contributed by atoms with Crippen molar-refractivity contribution >= 4 is 5.78 Å². The van der Waals surface area contributed by atoms with Crippen molar-refractivity contribution in [2.75, 3.05) is 7.11 Å². The van der Waals surface area contributed by atoms with Crippen LogP contribution in [0.5, 0.6) is 0 Å². The van der Waals surface area contributed by atoms with E-state index in [1.54, 1.807) is 13.8 Å². The van der Waals surface area contributed by atoms with E-state index < -0.39 is 0 Å². The van der Waals surface area contributed by atoms with Crippen molar-refractivity contribution in [1.82, 2.24) is 0 Å². The molecular formula is C7H12O3. The van der Waals surface area contributed by atoms with Crippen LogP contribution in [0.25, 0.3) is 0 Å². The molecule has 0 fully saturated rings. The first-order valence-electron chi connectivity index (χ1n) is 3.06. The topological polar surface area (TPSA) is 46.5 Å². The van der Waals surface area contributed by atoms with Crippen LogP contribution in [-0.2, 0) is 9.53 Å². The van der Waals surface area contributed by atoms with Crippen molar-refractivity contribution in [2.24, 2.45) is 5.92 Å². The summed E-state index contributed by atoms with van der Waals surface area (Å²) >= 11 is 0. The van der Waals surface area contributed by atoms with Crippen LogP contribution < -0.4 is 0 Å². The van der Waals surface area contributed by atoms with E-state index in [0.29, 0.717) is 0 Å². The average Bonchev–Trinajstić information content (AvgIpc) is 1.87. The maximum atomic E-state index is 10.8. The van der Waals surface area contributed by atoms with Crippen molar-refractivity contribution in [3.05, 3.63) is 12.0 Å². The van der Waals surface area contributed by atoms with Gasteiger partial charge in [-0.05, 0) is 0 Å². The molecule has 0 aromatic carbocycles. The van der Waals surface area contributed by atoms with E-state index in [-0.39, 0.29) is 17.6 Å². The van der Waals surface area contributed by atoms with Gasteiger partial charge in [-0.25, -0.2) is 0 Å². The van der Waals surface area contributed by atoms with Crippen molar-refractivity contribution in [2.45, 2.75) is 13.8 Å². The number of rotatable bonds is 3.